The predicted octanol–water partition coefficient (Wildman–Crippen LogP) is 4.90. The van der Waals surface area contributed by atoms with E-state index >= 15 is 0 Å². The van der Waals surface area contributed by atoms with Crippen LogP contribution >= 0.6 is 22.9 Å². The fourth-order valence-corrected chi connectivity index (χ4v) is 3.40. The van der Waals surface area contributed by atoms with Crippen molar-refractivity contribution in [2.75, 3.05) is 0 Å². The highest BCUT2D eigenvalue weighted by Crippen LogP contribution is 2.24. The molecule has 1 N–H and O–H groups in total. The summed E-state index contributed by atoms with van der Waals surface area (Å²) in [5.41, 5.74) is 1.97. The van der Waals surface area contributed by atoms with Gasteiger partial charge in [0.05, 0.1) is 6.04 Å². The Morgan fingerprint density at radius 2 is 2.04 bits per heavy atom. The lowest BCUT2D eigenvalue weighted by Gasteiger charge is -2.23. The van der Waals surface area contributed by atoms with Gasteiger partial charge in [0.15, 0.2) is 0 Å². The molecule has 0 aliphatic heterocycles. The van der Waals surface area contributed by atoms with E-state index < -0.39 is 0 Å². The Balaban J connectivity index is 1.58. The van der Waals surface area contributed by atoms with Crippen LogP contribution in [0.4, 0.5) is 0 Å². The van der Waals surface area contributed by atoms with Crippen molar-refractivity contribution in [1.82, 2.24) is 15.5 Å². The highest BCUT2D eigenvalue weighted by atomic mass is 35.5. The van der Waals surface area contributed by atoms with E-state index in [2.05, 4.69) is 29.3 Å². The highest BCUT2D eigenvalue weighted by Gasteiger charge is 2.19. The summed E-state index contributed by atoms with van der Waals surface area (Å²) in [5, 5.41) is 11.6. The van der Waals surface area contributed by atoms with Gasteiger partial charge in [0.1, 0.15) is 0 Å². The Hall–Kier alpha value is -2.18. The molecule has 1 atom stereocenters. The van der Waals surface area contributed by atoms with E-state index in [9.17, 15) is 4.79 Å². The lowest BCUT2D eigenvalue weighted by atomic mass is 9.96. The number of nitrogens with one attached hydrogen (secondary N) is 1. The molecule has 0 saturated carbocycles. The van der Waals surface area contributed by atoms with Gasteiger partial charge >= 0.3 is 0 Å². The number of hydrogen-bond donors (Lipinski definition) is 1. The number of nitrogens with zero attached hydrogens (tertiary/aromatic N) is 2. The van der Waals surface area contributed by atoms with Gasteiger partial charge in [-0.2, -0.15) is 16.3 Å². The van der Waals surface area contributed by atoms with E-state index in [0.29, 0.717) is 29.6 Å². The zero-order valence-electron chi connectivity index (χ0n) is 14.6. The van der Waals surface area contributed by atoms with Gasteiger partial charge in [-0.3, -0.25) is 4.79 Å². The third-order valence-corrected chi connectivity index (χ3v) is 4.96. The molecule has 0 aliphatic rings. The smallest absolute Gasteiger partial charge is 0.227 e. The van der Waals surface area contributed by atoms with Gasteiger partial charge in [-0.05, 0) is 35.1 Å². The normalized spacial score (nSPS) is 12.3. The molecule has 0 fully saturated rings. The Morgan fingerprint density at radius 3 is 2.69 bits per heavy atom. The molecule has 1 unspecified atom stereocenters. The van der Waals surface area contributed by atoms with Crippen LogP contribution in [0.25, 0.3) is 11.4 Å². The molecule has 2 aromatic heterocycles. The predicted molar refractivity (Wildman–Crippen MR) is 103 cm³/mol. The van der Waals surface area contributed by atoms with Crippen molar-refractivity contribution in [3.8, 4) is 11.4 Å². The minimum absolute atomic E-state index is 0.0473. The zero-order chi connectivity index (χ0) is 18.5. The van der Waals surface area contributed by atoms with Crippen LogP contribution < -0.4 is 5.32 Å². The molecule has 0 radical (unpaired) electrons. The lowest BCUT2D eigenvalue weighted by Crippen LogP contribution is -2.31. The van der Waals surface area contributed by atoms with E-state index in [1.807, 2.05) is 41.1 Å². The molecule has 3 rings (SSSR count). The second-order valence-corrected chi connectivity index (χ2v) is 7.58. The molecule has 5 nitrogen and oxygen atoms in total. The van der Waals surface area contributed by atoms with Crippen molar-refractivity contribution < 1.29 is 9.32 Å². The summed E-state index contributed by atoms with van der Waals surface area (Å²) in [7, 11) is 0. The summed E-state index contributed by atoms with van der Waals surface area (Å²) in [6.07, 6.45) is 0.705. The lowest BCUT2D eigenvalue weighted by molar-refractivity contribution is -0.122. The monoisotopic (exact) mass is 389 g/mol. The number of carbonyl (C=O) groups excluding carboxylic acids is 1. The molecular weight excluding hydrogens is 370 g/mol. The Bertz CT molecular complexity index is 844. The molecule has 3 aromatic rings. The van der Waals surface area contributed by atoms with E-state index in [-0.39, 0.29) is 17.9 Å². The van der Waals surface area contributed by atoms with E-state index in [1.54, 1.807) is 11.3 Å². The summed E-state index contributed by atoms with van der Waals surface area (Å²) >= 11 is 7.52. The molecule has 0 bridgehead atoms. The van der Waals surface area contributed by atoms with Crippen LogP contribution in [0.2, 0.25) is 5.02 Å². The van der Waals surface area contributed by atoms with E-state index in [4.69, 9.17) is 16.1 Å². The Kier molecular flexibility index (Phi) is 6.06. The number of hydrogen-bond acceptors (Lipinski definition) is 5. The summed E-state index contributed by atoms with van der Waals surface area (Å²) in [6.45, 7) is 4.15. The van der Waals surface area contributed by atoms with E-state index in [1.165, 1.54) is 0 Å². The van der Waals surface area contributed by atoms with Crippen LogP contribution in [0.1, 0.15) is 37.8 Å². The first-order valence-electron chi connectivity index (χ1n) is 8.43. The number of rotatable bonds is 7. The molecular formula is C19H20ClN3O2S. The molecule has 136 valence electrons. The summed E-state index contributed by atoms with van der Waals surface area (Å²) in [4.78, 5) is 16.7. The molecule has 7 heteroatoms. The minimum atomic E-state index is -0.0659. The molecule has 26 heavy (non-hydrogen) atoms. The van der Waals surface area contributed by atoms with Gasteiger partial charge in [-0.25, -0.2) is 0 Å². The van der Waals surface area contributed by atoms with Crippen LogP contribution in [-0.2, 0) is 11.2 Å². The summed E-state index contributed by atoms with van der Waals surface area (Å²) in [6, 6.07) is 9.43. The van der Waals surface area contributed by atoms with Gasteiger partial charge in [-0.1, -0.05) is 42.7 Å². The van der Waals surface area contributed by atoms with Crippen LogP contribution in [0.5, 0.6) is 0 Å². The molecule has 0 aliphatic carbocycles. The maximum atomic E-state index is 12.4. The van der Waals surface area contributed by atoms with E-state index in [0.717, 1.165) is 11.1 Å². The number of benzene rings is 1. The average molecular weight is 390 g/mol. The average Bonchev–Trinajstić information content (AvgIpc) is 3.30. The van der Waals surface area contributed by atoms with Crippen molar-refractivity contribution in [2.24, 2.45) is 5.92 Å². The van der Waals surface area contributed by atoms with Crippen molar-refractivity contribution in [3.63, 3.8) is 0 Å². The summed E-state index contributed by atoms with van der Waals surface area (Å²) < 4.78 is 5.24. The van der Waals surface area contributed by atoms with Gasteiger partial charge in [-0.15, -0.1) is 0 Å². The van der Waals surface area contributed by atoms with Crippen molar-refractivity contribution >= 4 is 28.8 Å². The van der Waals surface area contributed by atoms with Crippen LogP contribution in [0.3, 0.4) is 0 Å². The molecule has 0 spiro atoms. The topological polar surface area (TPSA) is 68.0 Å². The second kappa shape index (κ2) is 8.47. The Labute approximate surface area is 161 Å². The van der Waals surface area contributed by atoms with Crippen molar-refractivity contribution in [1.29, 1.82) is 0 Å². The van der Waals surface area contributed by atoms with Gasteiger partial charge < -0.3 is 9.84 Å². The maximum absolute atomic E-state index is 12.4. The number of carbonyl (C=O) groups is 1. The van der Waals surface area contributed by atoms with Crippen LogP contribution in [0, 0.1) is 5.92 Å². The zero-order valence-corrected chi connectivity index (χ0v) is 16.2. The van der Waals surface area contributed by atoms with Gasteiger partial charge in [0.25, 0.3) is 0 Å². The molecule has 2 heterocycles. The molecule has 1 aromatic carbocycles. The van der Waals surface area contributed by atoms with Crippen LogP contribution in [0.15, 0.2) is 45.6 Å². The third kappa shape index (κ3) is 4.71. The van der Waals surface area contributed by atoms with Gasteiger partial charge in [0.2, 0.25) is 17.6 Å². The standard InChI is InChI=1S/C19H20ClN3O2S/c1-12(2)18(13-3-5-15(20)6-4-13)21-16(24)7-8-17-22-19(23-25-17)14-9-10-26-11-14/h3-6,9-12,18H,7-8H2,1-2H3,(H,21,24). The largest absolute Gasteiger partial charge is 0.349 e. The molecule has 1 amide bonds. The van der Waals surface area contributed by atoms with Crippen LogP contribution in [-0.4, -0.2) is 16.0 Å². The first kappa shape index (κ1) is 18.6. The maximum Gasteiger partial charge on any atom is 0.227 e. The summed E-state index contributed by atoms with van der Waals surface area (Å²) in [5.74, 6) is 1.24. The SMILES string of the molecule is CC(C)C(NC(=O)CCc1nc(-c2ccsc2)no1)c1ccc(Cl)cc1. The van der Waals surface area contributed by atoms with Crippen molar-refractivity contribution in [2.45, 2.75) is 32.7 Å². The number of halogens is 1. The molecule has 0 saturated heterocycles. The number of aryl methyl sites for hydroxylation is 1. The minimum Gasteiger partial charge on any atom is -0.349 e. The number of thiophene rings is 1. The number of aromatic nitrogens is 2. The first-order chi connectivity index (χ1) is 12.5. The van der Waals surface area contributed by atoms with Gasteiger partial charge in [0, 0.05) is 28.8 Å². The fourth-order valence-electron chi connectivity index (χ4n) is 2.64. The second-order valence-electron chi connectivity index (χ2n) is 6.36. The highest BCUT2D eigenvalue weighted by molar-refractivity contribution is 7.08. The quantitative estimate of drug-likeness (QED) is 0.624. The first-order valence-corrected chi connectivity index (χ1v) is 9.75. The van der Waals surface area contributed by atoms with Crippen molar-refractivity contribution in [3.05, 3.63) is 57.6 Å². The fraction of sp³-hybridized carbons (Fsp3) is 0.316. The Morgan fingerprint density at radius 1 is 1.27 bits per heavy atom. The number of amides is 1. The third-order valence-electron chi connectivity index (χ3n) is 4.03.